The molecule has 42 nitrogen and oxygen atoms in total. The van der Waals surface area contributed by atoms with E-state index in [1.54, 1.807) is 97.6 Å². The van der Waals surface area contributed by atoms with E-state index in [2.05, 4.69) is 168 Å². The first-order valence-corrected chi connectivity index (χ1v) is 47.7. The van der Waals surface area contributed by atoms with Crippen molar-refractivity contribution in [3.05, 3.63) is 348 Å². The molecule has 5 aromatic carbocycles. The van der Waals surface area contributed by atoms with Gasteiger partial charge in [-0.3, -0.25) is 68.0 Å². The number of pyridine rings is 3. The molecular formula is C103H115BrClN27O15. The number of aromatic amines is 1. The average Bonchev–Trinajstić information content (AvgIpc) is 1.61. The molecule has 3 atom stereocenters. The largest absolute Gasteiger partial charge is 0.444 e. The maximum atomic E-state index is 12.9. The van der Waals surface area contributed by atoms with Crippen LogP contribution in [0.5, 0.6) is 0 Å². The Bertz CT molecular complexity index is 7220. The summed E-state index contributed by atoms with van der Waals surface area (Å²) >= 11 is 3.40. The highest BCUT2D eigenvalue weighted by molar-refractivity contribution is 9.08. The van der Waals surface area contributed by atoms with Gasteiger partial charge in [0, 0.05) is 85.5 Å². The Kier molecular flexibility index (Phi) is 38.7. The zero-order chi connectivity index (χ0) is 105. The Morgan fingerprint density at radius 3 is 1.18 bits per heavy atom. The van der Waals surface area contributed by atoms with Crippen molar-refractivity contribution >= 4 is 138 Å². The van der Waals surface area contributed by atoms with Crippen molar-refractivity contribution in [2.45, 2.75) is 169 Å². The van der Waals surface area contributed by atoms with Crippen LogP contribution in [-0.4, -0.2) is 167 Å². The van der Waals surface area contributed by atoms with Crippen LogP contribution in [0.3, 0.4) is 0 Å². The van der Waals surface area contributed by atoms with Crippen molar-refractivity contribution in [1.82, 2.24) is 105 Å². The number of fused-ring (bicyclic) bond motifs is 9. The van der Waals surface area contributed by atoms with Gasteiger partial charge in [-0.2, -0.15) is 35.1 Å². The number of nitrogens with two attached hydrogens (primary N) is 2. The minimum absolute atomic E-state index is 0. The first kappa shape index (κ1) is 110. The van der Waals surface area contributed by atoms with Crippen molar-refractivity contribution in [3.63, 3.8) is 0 Å². The fraction of sp³-hybridized carbons (Fsp3) is 0.282. The summed E-state index contributed by atoms with van der Waals surface area (Å²) in [5, 5.41) is 66.2. The monoisotopic (exact) mass is 2080 g/mol. The third-order valence-corrected chi connectivity index (χ3v) is 23.1. The number of hydrogen-bond donors (Lipinski definition) is 10. The Morgan fingerprint density at radius 1 is 0.476 bits per heavy atom. The van der Waals surface area contributed by atoms with Gasteiger partial charge in [0.1, 0.15) is 75.2 Å². The lowest BCUT2D eigenvalue weighted by Crippen LogP contribution is -2.37. The lowest BCUT2D eigenvalue weighted by molar-refractivity contribution is -0.385. The van der Waals surface area contributed by atoms with Gasteiger partial charge in [-0.15, -0.1) is 12.4 Å². The van der Waals surface area contributed by atoms with Crippen molar-refractivity contribution in [1.29, 1.82) is 0 Å². The van der Waals surface area contributed by atoms with Crippen LogP contribution in [0.15, 0.2) is 244 Å². The molecule has 14 heterocycles. The second-order valence-electron chi connectivity index (χ2n) is 36.0. The van der Waals surface area contributed by atoms with Crippen LogP contribution in [0.4, 0.5) is 38.0 Å². The van der Waals surface area contributed by atoms with Crippen molar-refractivity contribution in [2.24, 2.45) is 5.73 Å². The van der Waals surface area contributed by atoms with Crippen molar-refractivity contribution in [2.75, 3.05) is 36.0 Å². The highest BCUT2D eigenvalue weighted by atomic mass is 79.9. The van der Waals surface area contributed by atoms with E-state index in [0.717, 1.165) is 86.1 Å². The third kappa shape index (κ3) is 31.7. The Balaban J connectivity index is 0.000000171. The summed E-state index contributed by atoms with van der Waals surface area (Å²) in [5.74, 6) is -0.969. The molecule has 11 aromatic heterocycles. The fourth-order valence-corrected chi connectivity index (χ4v) is 15.5. The molecule has 0 bridgehead atoms. The zero-order valence-electron chi connectivity index (χ0n) is 82.7. The number of carbonyl (C=O) groups is 7. The number of hydrogen-bond acceptors (Lipinski definition) is 25. The van der Waals surface area contributed by atoms with E-state index >= 15 is 0 Å². The number of nitro groups is 2. The maximum absolute atomic E-state index is 12.9. The van der Waals surface area contributed by atoms with Crippen LogP contribution in [0.1, 0.15) is 202 Å². The predicted octanol–water partition coefficient (Wildman–Crippen LogP) is 15.7. The number of carbonyl (C=O) groups excluding carboxylic acids is 9. The SMILES string of the molecule is CC(C)(C)OC(=O)NCc1ccc(Cn2cc([N+](=O)[O-])cn2)cc1.CCc1ccc(CBr)cc1.CCc1ccc(Cn2cc(N)cn2)cc1.C[C@@H]1CNC(=O)c2cc3ccc(C(=O)Nc4cnn(Cc5ccc(CN)cc5)c4)nc3n21.C[C@@H]1CNC(=O)c2cc3ccc(C(=O)Nc4cnn(Cc5ccc(CNC(=O)OC(C)(C)C)cc5)c4)nc3n21.C[C@@H]1CNC(=O)c2cc3cccnc3n21.Cl.O=C=O.O=[N+]([O-])c1cn[nH]c1. The van der Waals surface area contributed by atoms with Crippen molar-refractivity contribution in [3.8, 4) is 0 Å². The van der Waals surface area contributed by atoms with Crippen LogP contribution in [0.25, 0.3) is 33.1 Å². The molecule has 3 aliphatic rings. The van der Waals surface area contributed by atoms with Gasteiger partial charge in [0.15, 0.2) is 0 Å². The zero-order valence-corrected chi connectivity index (χ0v) is 85.1. The summed E-state index contributed by atoms with van der Waals surface area (Å²) in [6.45, 7) is 26.6. The molecule has 147 heavy (non-hydrogen) atoms. The number of benzene rings is 5. The number of nitrogens with one attached hydrogen (secondary N) is 8. The van der Waals surface area contributed by atoms with Gasteiger partial charge in [0.2, 0.25) is 0 Å². The number of aryl methyl sites for hydroxylation is 2. The molecule has 766 valence electrons. The van der Waals surface area contributed by atoms with Gasteiger partial charge < -0.3 is 71.9 Å². The van der Waals surface area contributed by atoms with Gasteiger partial charge in [0.05, 0.1) is 96.0 Å². The molecule has 7 amide bonds. The summed E-state index contributed by atoms with van der Waals surface area (Å²) in [6, 6.07) is 57.3. The number of H-pyrrole nitrogens is 1. The quantitative estimate of drug-likeness (QED) is 0.0171. The lowest BCUT2D eigenvalue weighted by Gasteiger charge is -2.23. The van der Waals surface area contributed by atoms with Gasteiger partial charge in [0.25, 0.3) is 29.5 Å². The molecule has 0 saturated heterocycles. The second-order valence-corrected chi connectivity index (χ2v) is 36.6. The number of anilines is 3. The van der Waals surface area contributed by atoms with E-state index in [4.69, 9.17) is 30.5 Å². The highest BCUT2D eigenvalue weighted by Crippen LogP contribution is 2.30. The molecule has 12 N–H and O–H groups in total. The lowest BCUT2D eigenvalue weighted by atomic mass is 10.1. The smallest absolute Gasteiger partial charge is 0.407 e. The van der Waals surface area contributed by atoms with Gasteiger partial charge in [-0.25, -0.2) is 24.5 Å². The first-order chi connectivity index (χ1) is 69.9. The van der Waals surface area contributed by atoms with Crippen LogP contribution in [0.2, 0.25) is 0 Å². The molecule has 0 aliphatic carbocycles. The molecule has 0 fully saturated rings. The molecule has 0 radical (unpaired) electrons. The van der Waals surface area contributed by atoms with Crippen LogP contribution >= 0.6 is 28.3 Å². The minimum atomic E-state index is -0.541. The minimum Gasteiger partial charge on any atom is -0.444 e. The Labute approximate surface area is 859 Å². The second kappa shape index (κ2) is 51.7. The van der Waals surface area contributed by atoms with Gasteiger partial charge >= 0.3 is 29.7 Å². The number of nitrogens with zero attached hydrogens (tertiary/aromatic N) is 17. The number of nitrogen functional groups attached to an aromatic ring is 1. The van der Waals surface area contributed by atoms with Gasteiger partial charge in [-0.1, -0.05) is 151 Å². The number of aromatic nitrogens is 16. The number of alkyl carbamates (subject to hydrolysis) is 2. The molecule has 0 unspecified atom stereocenters. The summed E-state index contributed by atoms with van der Waals surface area (Å²) < 4.78 is 23.0. The van der Waals surface area contributed by atoms with Crippen LogP contribution < -0.4 is 48.7 Å². The number of rotatable bonds is 22. The summed E-state index contributed by atoms with van der Waals surface area (Å²) in [4.78, 5) is 134. The van der Waals surface area contributed by atoms with E-state index in [0.29, 0.717) is 104 Å². The number of halogens is 2. The number of amides is 7. The molecule has 44 heteroatoms. The molecule has 3 aliphatic heterocycles. The Morgan fingerprint density at radius 2 is 0.830 bits per heavy atom. The van der Waals surface area contributed by atoms with E-state index in [9.17, 15) is 53.8 Å². The average molecular weight is 2090 g/mol. The normalized spacial score (nSPS) is 13.5. The van der Waals surface area contributed by atoms with E-state index in [1.807, 2.05) is 156 Å². The fourth-order valence-electron chi connectivity index (χ4n) is 15.2. The number of alkyl halides is 1. The Hall–Kier alpha value is -17.2. The molecule has 0 spiro atoms. The molecule has 16 aromatic rings. The highest BCUT2D eigenvalue weighted by Gasteiger charge is 2.30. The van der Waals surface area contributed by atoms with Crippen molar-refractivity contribution < 1.29 is 62.5 Å². The third-order valence-electron chi connectivity index (χ3n) is 22.5. The van der Waals surface area contributed by atoms with Crippen LogP contribution in [0, 0.1) is 20.2 Å². The first-order valence-electron chi connectivity index (χ1n) is 46.6. The summed E-state index contributed by atoms with van der Waals surface area (Å²) in [6.07, 6.45) is 18.5. The maximum Gasteiger partial charge on any atom is 0.407 e. The summed E-state index contributed by atoms with van der Waals surface area (Å²) in [5.41, 5.74) is 27.8. The van der Waals surface area contributed by atoms with Gasteiger partial charge in [-0.05, 0) is 185 Å². The van der Waals surface area contributed by atoms with E-state index < -0.39 is 33.2 Å². The predicted molar refractivity (Wildman–Crippen MR) is 558 cm³/mol. The van der Waals surface area contributed by atoms with Crippen LogP contribution in [-0.2, 0) is 83.0 Å². The molecular weight excluding hydrogens is 1970 g/mol. The standard InChI is InChI=1S/C28H31N7O4.C23H23N7O2.C16H20N4O4.C12H15N3.C11H11N3O.C9H11Br.C3H3N3O2.CO2.ClH/c1-17-12-29-26(37)23-11-20-9-10-22(33-24(20)35(17)23)25(36)32-21-14-31-34(16-21)15-19-7-5-18(6-8-19)13-30-27(38)39-28(2,3)4;1-14-10-25-23(32)20-8-17-6-7-19(28-21(17)30(14)20)22(31)27-18-11-26-29(13-18)12-16-4-2-15(9-24)3-5-16;1-16(2,3)24-15(21)17-8-12-4-6-13(7-5-12)10-19-11-14(9-18-19)20(22)23;1-2-10-3-5-11(6-4-10)8-15-9-12(13)7-14-15;1-7-6-13-11(15)9-5-8-3-2-4-12-10(8)14(7)9;1-2-8-3-5-9(7-10)6-4-8;7-6(8)3-1-4-5-2-3;2-1-3;/h5-11,14,16-17H,12-13,15H2,1-4H3,(H,29,37)(H,30,38)(H,32,36);2-8,11,13-14H,9-10,12,24H2,1H3,(H,25,32)(H,27,31);4-7,9,11H,8,10H2,1-3H3,(H,17,21);3-7,9H,2,8,13H2,1H3;2-5,7H,6H2,1H3,(H,13,15);3-6H,2,7H2,1H3;1-2H,(H,4,5);;1H/t17-;14-;;;7-;;;;/m11..1..../s1. The molecule has 19 rings (SSSR count). The molecule has 0 saturated carbocycles. The topological polar surface area (TPSA) is 548 Å². The number of ether oxygens (including phenoxy) is 2. The van der Waals surface area contributed by atoms with E-state index in [-0.39, 0.29) is 89.0 Å². The summed E-state index contributed by atoms with van der Waals surface area (Å²) in [7, 11) is 0. The van der Waals surface area contributed by atoms with E-state index in [1.165, 1.54) is 45.5 Å².